The molecule has 0 saturated carbocycles. The van der Waals surface area contributed by atoms with Crippen LogP contribution in [0.3, 0.4) is 0 Å². The van der Waals surface area contributed by atoms with E-state index in [9.17, 15) is 4.79 Å². The van der Waals surface area contributed by atoms with Crippen molar-refractivity contribution in [3.8, 4) is 0 Å². The number of halogens is 1. The van der Waals surface area contributed by atoms with Crippen LogP contribution in [0, 0.1) is 0 Å². The van der Waals surface area contributed by atoms with Crippen LogP contribution >= 0.6 is 27.3 Å². The number of nitrogens with two attached hydrogens (primary N) is 1. The van der Waals surface area contributed by atoms with Crippen LogP contribution in [0.2, 0.25) is 0 Å². The maximum Gasteiger partial charge on any atom is 0.412 e. The summed E-state index contributed by atoms with van der Waals surface area (Å²) in [6, 6.07) is 5.44. The first-order chi connectivity index (χ1) is 11.2. The number of carbonyl (C=O) groups excluding carboxylic acids is 1. The second-order valence-electron chi connectivity index (χ2n) is 5.81. The second kappa shape index (κ2) is 7.63. The summed E-state index contributed by atoms with van der Waals surface area (Å²) in [7, 11) is 0. The van der Waals surface area contributed by atoms with Gasteiger partial charge in [-0.1, -0.05) is 22.0 Å². The third-order valence-corrected chi connectivity index (χ3v) is 3.80. The Morgan fingerprint density at radius 2 is 2.21 bits per heavy atom. The zero-order valence-corrected chi connectivity index (χ0v) is 15.9. The maximum atomic E-state index is 12.0. The Labute approximate surface area is 152 Å². The number of hydrazone groups is 1. The Kier molecular flexibility index (Phi) is 5.79. The average molecular weight is 412 g/mol. The van der Waals surface area contributed by atoms with Crippen molar-refractivity contribution in [2.24, 2.45) is 5.10 Å². The summed E-state index contributed by atoms with van der Waals surface area (Å²) in [5, 5.41) is 9.13. The van der Waals surface area contributed by atoms with Crippen molar-refractivity contribution in [2.45, 2.75) is 26.4 Å². The topological polar surface area (TPSA) is 102 Å². The molecular formula is C15H18BrN5O2S. The summed E-state index contributed by atoms with van der Waals surface area (Å²) in [6.45, 7) is 5.42. The molecule has 4 N–H and O–H groups in total. The summed E-state index contributed by atoms with van der Waals surface area (Å²) in [4.78, 5) is 16.0. The molecule has 0 aliphatic carbocycles. The molecule has 0 radical (unpaired) electrons. The summed E-state index contributed by atoms with van der Waals surface area (Å²) < 4.78 is 6.09. The molecule has 0 unspecified atom stereocenters. The van der Waals surface area contributed by atoms with Crippen molar-refractivity contribution in [1.82, 2.24) is 4.98 Å². The number of nitrogen functional groups attached to an aromatic ring is 1. The minimum absolute atomic E-state index is 0.439. The number of thiazole rings is 1. The molecule has 0 saturated heterocycles. The van der Waals surface area contributed by atoms with Crippen LogP contribution in [0.1, 0.15) is 26.3 Å². The first-order valence-corrected chi connectivity index (χ1v) is 8.70. The quantitative estimate of drug-likeness (QED) is 0.514. The van der Waals surface area contributed by atoms with E-state index in [1.165, 1.54) is 11.3 Å². The minimum Gasteiger partial charge on any atom is -0.444 e. The van der Waals surface area contributed by atoms with Gasteiger partial charge in [0.2, 0.25) is 5.13 Å². The smallest absolute Gasteiger partial charge is 0.412 e. The van der Waals surface area contributed by atoms with Crippen LogP contribution in [0.5, 0.6) is 0 Å². The first kappa shape index (κ1) is 18.2. The van der Waals surface area contributed by atoms with E-state index < -0.39 is 11.7 Å². The highest BCUT2D eigenvalue weighted by molar-refractivity contribution is 9.10. The number of nitrogens with zero attached hydrogens (tertiary/aromatic N) is 2. The number of aromatic nitrogens is 1. The molecule has 7 nitrogen and oxygen atoms in total. The lowest BCUT2D eigenvalue weighted by atomic mass is 10.2. The van der Waals surface area contributed by atoms with E-state index >= 15 is 0 Å². The van der Waals surface area contributed by atoms with Crippen LogP contribution in [0.4, 0.5) is 21.4 Å². The zero-order valence-electron chi connectivity index (χ0n) is 13.5. The molecule has 1 amide bonds. The molecule has 1 aromatic carbocycles. The fourth-order valence-electron chi connectivity index (χ4n) is 1.66. The lowest BCUT2D eigenvalue weighted by Crippen LogP contribution is -2.27. The van der Waals surface area contributed by atoms with Crippen molar-refractivity contribution >= 4 is 56.2 Å². The van der Waals surface area contributed by atoms with Crippen LogP contribution in [-0.2, 0) is 4.74 Å². The number of amides is 1. The van der Waals surface area contributed by atoms with Gasteiger partial charge in [-0.3, -0.25) is 10.7 Å². The lowest BCUT2D eigenvalue weighted by molar-refractivity contribution is 0.0636. The molecule has 0 fully saturated rings. The number of anilines is 3. The van der Waals surface area contributed by atoms with E-state index in [2.05, 4.69) is 36.8 Å². The van der Waals surface area contributed by atoms with E-state index in [0.29, 0.717) is 22.2 Å². The van der Waals surface area contributed by atoms with E-state index in [-0.39, 0.29) is 0 Å². The molecule has 0 bridgehead atoms. The van der Waals surface area contributed by atoms with Crippen LogP contribution in [0.15, 0.2) is 33.2 Å². The highest BCUT2D eigenvalue weighted by Crippen LogP contribution is 2.22. The number of hydrogen-bond donors (Lipinski definition) is 3. The molecular weight excluding hydrogens is 394 g/mol. The Bertz CT molecular complexity index is 755. The van der Waals surface area contributed by atoms with Gasteiger partial charge in [0, 0.05) is 15.4 Å². The molecule has 0 atom stereocenters. The van der Waals surface area contributed by atoms with Crippen molar-refractivity contribution < 1.29 is 9.53 Å². The highest BCUT2D eigenvalue weighted by Gasteiger charge is 2.17. The van der Waals surface area contributed by atoms with Gasteiger partial charge in [0.15, 0.2) is 0 Å². The molecule has 9 heteroatoms. The van der Waals surface area contributed by atoms with Gasteiger partial charge in [-0.2, -0.15) is 5.10 Å². The van der Waals surface area contributed by atoms with Gasteiger partial charge < -0.3 is 10.5 Å². The van der Waals surface area contributed by atoms with Crippen molar-refractivity contribution in [3.05, 3.63) is 33.6 Å². The van der Waals surface area contributed by atoms with Crippen molar-refractivity contribution in [3.63, 3.8) is 0 Å². The second-order valence-corrected chi connectivity index (χ2v) is 7.58. The fourth-order valence-corrected chi connectivity index (χ4v) is 2.57. The standard InChI is InChI=1S/C15H18BrN5O2S/c1-15(2,3)23-14(22)19-11-6-10(16)5-4-9(11)7-18-21-13-20-12(17)8-24-13/h4-8H,17H2,1-3H3,(H,19,22)(H,20,21). The first-order valence-electron chi connectivity index (χ1n) is 7.02. The third kappa shape index (κ3) is 5.82. The molecule has 1 aromatic heterocycles. The van der Waals surface area contributed by atoms with Gasteiger partial charge in [0.1, 0.15) is 11.4 Å². The van der Waals surface area contributed by atoms with Crippen LogP contribution < -0.4 is 16.5 Å². The van der Waals surface area contributed by atoms with Crippen LogP contribution in [0.25, 0.3) is 0 Å². The number of nitrogens with one attached hydrogen (secondary N) is 2. The molecule has 128 valence electrons. The van der Waals surface area contributed by atoms with E-state index in [4.69, 9.17) is 10.5 Å². The predicted octanol–water partition coefficient (Wildman–Crippen LogP) is 4.28. The molecule has 0 spiro atoms. The molecule has 1 heterocycles. The van der Waals surface area contributed by atoms with E-state index in [1.54, 1.807) is 38.4 Å². The van der Waals surface area contributed by atoms with Crippen molar-refractivity contribution in [2.75, 3.05) is 16.5 Å². The molecule has 0 aliphatic rings. The number of rotatable bonds is 4. The lowest BCUT2D eigenvalue weighted by Gasteiger charge is -2.20. The normalized spacial score (nSPS) is 11.5. The largest absolute Gasteiger partial charge is 0.444 e. The Morgan fingerprint density at radius 1 is 1.46 bits per heavy atom. The van der Waals surface area contributed by atoms with Gasteiger partial charge in [-0.25, -0.2) is 9.78 Å². The monoisotopic (exact) mass is 411 g/mol. The summed E-state index contributed by atoms with van der Waals surface area (Å²) in [5.41, 5.74) is 9.05. The Balaban J connectivity index is 2.10. The highest BCUT2D eigenvalue weighted by atomic mass is 79.9. The Hall–Kier alpha value is -2.13. The molecule has 0 aliphatic heterocycles. The SMILES string of the molecule is CC(C)(C)OC(=O)Nc1cc(Br)ccc1C=NNc1nc(N)cs1. The average Bonchev–Trinajstić information content (AvgIpc) is 2.85. The van der Waals surface area contributed by atoms with Crippen molar-refractivity contribution in [1.29, 1.82) is 0 Å². The summed E-state index contributed by atoms with van der Waals surface area (Å²) in [5.74, 6) is 0.439. The van der Waals surface area contributed by atoms with Gasteiger partial charge in [0.25, 0.3) is 0 Å². The van der Waals surface area contributed by atoms with E-state index in [0.717, 1.165) is 4.47 Å². The molecule has 2 rings (SSSR count). The number of carbonyl (C=O) groups is 1. The summed E-state index contributed by atoms with van der Waals surface area (Å²) in [6.07, 6.45) is 1.05. The predicted molar refractivity (Wildman–Crippen MR) is 102 cm³/mol. The number of ether oxygens (including phenoxy) is 1. The van der Waals surface area contributed by atoms with Gasteiger partial charge in [0.05, 0.1) is 11.9 Å². The number of benzene rings is 1. The third-order valence-electron chi connectivity index (χ3n) is 2.54. The minimum atomic E-state index is -0.573. The molecule has 24 heavy (non-hydrogen) atoms. The zero-order chi connectivity index (χ0) is 17.7. The molecule has 2 aromatic rings. The van der Waals surface area contributed by atoms with Gasteiger partial charge >= 0.3 is 6.09 Å². The summed E-state index contributed by atoms with van der Waals surface area (Å²) >= 11 is 4.73. The maximum absolute atomic E-state index is 12.0. The fraction of sp³-hybridized carbons (Fsp3) is 0.267. The number of hydrogen-bond acceptors (Lipinski definition) is 7. The Morgan fingerprint density at radius 3 is 2.83 bits per heavy atom. The van der Waals surface area contributed by atoms with Gasteiger partial charge in [-0.15, -0.1) is 11.3 Å². The van der Waals surface area contributed by atoms with Gasteiger partial charge in [-0.05, 0) is 32.9 Å². The van der Waals surface area contributed by atoms with Crippen LogP contribution in [-0.4, -0.2) is 22.9 Å². The van der Waals surface area contributed by atoms with E-state index in [1.807, 2.05) is 12.1 Å².